The molecule has 0 spiro atoms. The van der Waals surface area contributed by atoms with Crippen LogP contribution in [0.2, 0.25) is 0 Å². The van der Waals surface area contributed by atoms with E-state index in [1.165, 1.54) is 27.7 Å². The number of hydrogen-bond donors (Lipinski definition) is 0. The van der Waals surface area contributed by atoms with E-state index in [4.69, 9.17) is 0 Å². The van der Waals surface area contributed by atoms with Gasteiger partial charge < -0.3 is 29.4 Å². The summed E-state index contributed by atoms with van der Waals surface area (Å²) < 4.78 is 0. The first-order valence-electron chi connectivity index (χ1n) is 7.96. The Bertz CT molecular complexity index is 270. The minimum Gasteiger partial charge on any atom is -0.854 e. The molecular formula is C18H32O6Ti. The second-order valence-corrected chi connectivity index (χ2v) is 4.85. The van der Waals surface area contributed by atoms with Crippen LogP contribution in [0, 0.1) is 12.8 Å². The van der Waals surface area contributed by atoms with Crippen LogP contribution in [0.15, 0.2) is 0 Å². The molecule has 0 aliphatic carbocycles. The van der Waals surface area contributed by atoms with Crippen LogP contribution in [-0.4, -0.2) is 36.3 Å². The summed E-state index contributed by atoms with van der Waals surface area (Å²) >= 11 is 0. The molecule has 0 aromatic heterocycles. The minimum atomic E-state index is -0.187. The quantitative estimate of drug-likeness (QED) is 0.346. The van der Waals surface area contributed by atoms with E-state index in [2.05, 4.69) is 0 Å². The molecule has 0 aliphatic rings. The number of hydrogen-bond acceptors (Lipinski definition) is 6. The predicted molar refractivity (Wildman–Crippen MR) is 90.9 cm³/mol. The molecule has 0 saturated carbocycles. The molecule has 0 saturated heterocycles. The number of Topliss-reactive ketones (excluding diaryl/α,β-unsaturated/α-hetero) is 4. The third kappa shape index (κ3) is 83.6. The summed E-state index contributed by atoms with van der Waals surface area (Å²) in [6.45, 7) is 9.61. The predicted octanol–water partition coefficient (Wildman–Crippen LogP) is 1.03. The van der Waals surface area contributed by atoms with Gasteiger partial charge in [-0.2, -0.15) is 0 Å². The molecule has 0 unspecified atom stereocenters. The summed E-state index contributed by atoms with van der Waals surface area (Å²) in [5.74, 6) is -0.750. The molecule has 7 heteroatoms. The van der Waals surface area contributed by atoms with Crippen molar-refractivity contribution in [2.75, 3.05) is 13.2 Å². The summed E-state index contributed by atoms with van der Waals surface area (Å²) in [6.07, 6.45) is 5.84. The van der Waals surface area contributed by atoms with Crippen LogP contribution in [0.4, 0.5) is 0 Å². The molecule has 0 rings (SSSR count). The van der Waals surface area contributed by atoms with E-state index in [9.17, 15) is 29.4 Å². The summed E-state index contributed by atoms with van der Waals surface area (Å²) in [7, 11) is 0. The van der Waals surface area contributed by atoms with Crippen LogP contribution < -0.4 is 10.2 Å². The average molecular weight is 392 g/mol. The summed E-state index contributed by atoms with van der Waals surface area (Å²) in [6, 6.07) is 0. The molecule has 0 aromatic rings. The van der Waals surface area contributed by atoms with Gasteiger partial charge in [-0.1, -0.05) is 39.5 Å². The monoisotopic (exact) mass is 392 g/mol. The normalized spacial score (nSPS) is 7.68. The maximum Gasteiger partial charge on any atom is 4.00 e. The molecule has 0 fully saturated rings. The second-order valence-electron chi connectivity index (χ2n) is 4.85. The Morgan fingerprint density at radius 3 is 0.840 bits per heavy atom. The Balaban J connectivity index is -0.0000000711. The fourth-order valence-corrected chi connectivity index (χ4v) is 0.861. The van der Waals surface area contributed by atoms with Crippen LogP contribution in [0.5, 0.6) is 0 Å². The number of rotatable bonds is 8. The van der Waals surface area contributed by atoms with Gasteiger partial charge in [-0.15, -0.1) is 13.2 Å². The zero-order valence-electron chi connectivity index (χ0n) is 16.3. The molecule has 0 atom stereocenters. The zero-order valence-corrected chi connectivity index (χ0v) is 17.9. The van der Waals surface area contributed by atoms with Gasteiger partial charge in [0.05, 0.1) is 0 Å². The Morgan fingerprint density at radius 1 is 0.640 bits per heavy atom. The van der Waals surface area contributed by atoms with Crippen molar-refractivity contribution in [1.82, 2.24) is 0 Å². The molecular weight excluding hydrogens is 360 g/mol. The maximum atomic E-state index is 9.98. The number of carbonyl (C=O) groups is 4. The molecule has 0 radical (unpaired) electrons. The van der Waals surface area contributed by atoms with Gasteiger partial charge in [0.1, 0.15) is 0 Å². The molecule has 25 heavy (non-hydrogen) atoms. The van der Waals surface area contributed by atoms with Gasteiger partial charge in [0.25, 0.3) is 0 Å². The second kappa shape index (κ2) is 30.9. The number of carbonyl (C=O) groups excluding carboxylic acids is 4. The van der Waals surface area contributed by atoms with Crippen LogP contribution in [0.3, 0.4) is 0 Å². The van der Waals surface area contributed by atoms with Gasteiger partial charge in [0, 0.05) is 23.1 Å². The molecule has 0 aliphatic heterocycles. The van der Waals surface area contributed by atoms with Crippen molar-refractivity contribution >= 4 is 23.1 Å². The van der Waals surface area contributed by atoms with Crippen molar-refractivity contribution in [3.05, 3.63) is 12.8 Å². The van der Waals surface area contributed by atoms with Crippen LogP contribution in [-0.2, 0) is 40.9 Å². The van der Waals surface area contributed by atoms with Crippen LogP contribution in [0.1, 0.15) is 67.2 Å². The number of unbranched alkanes of at least 4 members (excludes halogenated alkanes) is 2. The van der Waals surface area contributed by atoms with E-state index in [0.717, 1.165) is 38.5 Å². The van der Waals surface area contributed by atoms with Crippen molar-refractivity contribution in [3.8, 4) is 0 Å². The van der Waals surface area contributed by atoms with E-state index in [1.807, 2.05) is 13.8 Å². The molecule has 0 heterocycles. The van der Waals surface area contributed by atoms with Crippen LogP contribution in [0.25, 0.3) is 0 Å². The fraction of sp³-hybridized carbons (Fsp3) is 0.667. The van der Waals surface area contributed by atoms with E-state index in [0.29, 0.717) is 0 Å². The van der Waals surface area contributed by atoms with Gasteiger partial charge in [-0.05, 0) is 27.7 Å². The number of ketones is 4. The molecule has 0 aromatic carbocycles. The fourth-order valence-electron chi connectivity index (χ4n) is 0.861. The van der Waals surface area contributed by atoms with Gasteiger partial charge in [-0.3, -0.25) is 12.8 Å². The standard InChI is InChI=1S/2C5H7O2.2C4H9O.Ti/c2*1-4(6)3-5(2)7;2*1-2-3-4-5;/h2*3H,1-2H3;2*2-4H2,1H3;/q4*-1;+4. The first kappa shape index (κ1) is 35.2. The van der Waals surface area contributed by atoms with Gasteiger partial charge in [0.15, 0.2) is 0 Å². The van der Waals surface area contributed by atoms with E-state index >= 15 is 0 Å². The Kier molecular flexibility index (Phi) is 43.5. The Morgan fingerprint density at radius 2 is 0.840 bits per heavy atom. The first-order chi connectivity index (χ1) is 11.1. The molecule has 0 N–H and O–H groups in total. The smallest absolute Gasteiger partial charge is 0.854 e. The van der Waals surface area contributed by atoms with Gasteiger partial charge in [0.2, 0.25) is 0 Å². The van der Waals surface area contributed by atoms with E-state index in [1.54, 1.807) is 0 Å². The van der Waals surface area contributed by atoms with Crippen molar-refractivity contribution in [2.45, 2.75) is 67.2 Å². The summed E-state index contributed by atoms with van der Waals surface area (Å²) in [4.78, 5) is 39.9. The largest absolute Gasteiger partial charge is 4.00 e. The first-order valence-corrected chi connectivity index (χ1v) is 7.96. The Labute approximate surface area is 167 Å². The zero-order chi connectivity index (χ0) is 20.0. The molecule has 0 bridgehead atoms. The van der Waals surface area contributed by atoms with Crippen molar-refractivity contribution < 1.29 is 51.1 Å². The average Bonchev–Trinajstić information content (AvgIpc) is 2.39. The van der Waals surface area contributed by atoms with Gasteiger partial charge in [-0.25, -0.2) is 0 Å². The third-order valence-corrected chi connectivity index (χ3v) is 1.81. The summed E-state index contributed by atoms with van der Waals surface area (Å²) in [5, 5.41) is 19.1. The molecule has 144 valence electrons. The van der Waals surface area contributed by atoms with Crippen molar-refractivity contribution in [2.24, 2.45) is 0 Å². The minimum absolute atomic E-state index is 0. The SMILES string of the molecule is CC(=O)[CH-]C(C)=O.CC(=O)[CH-]C(C)=O.CCCC[O-].CCCC[O-].[Ti+4]. The third-order valence-electron chi connectivity index (χ3n) is 1.81. The van der Waals surface area contributed by atoms with Gasteiger partial charge >= 0.3 is 21.7 Å². The topological polar surface area (TPSA) is 114 Å². The van der Waals surface area contributed by atoms with Crippen molar-refractivity contribution in [3.63, 3.8) is 0 Å². The van der Waals surface area contributed by atoms with E-state index in [-0.39, 0.29) is 58.1 Å². The van der Waals surface area contributed by atoms with Crippen molar-refractivity contribution in [1.29, 1.82) is 0 Å². The van der Waals surface area contributed by atoms with E-state index < -0.39 is 0 Å². The maximum absolute atomic E-state index is 9.98. The van der Waals surface area contributed by atoms with Crippen LogP contribution >= 0.6 is 0 Å². The summed E-state index contributed by atoms with van der Waals surface area (Å²) in [5.41, 5.74) is 0. The molecule has 0 amide bonds. The Hall–Kier alpha value is -0.946. The molecule has 6 nitrogen and oxygen atoms in total.